The molecule has 1 saturated heterocycles. The van der Waals surface area contributed by atoms with Crippen LogP contribution in [0.3, 0.4) is 0 Å². The van der Waals surface area contributed by atoms with Crippen LogP contribution in [0.1, 0.15) is 21.5 Å². The molecule has 3 heteroatoms. The average Bonchev–Trinajstić information content (AvgIpc) is 2.58. The molecule has 1 heterocycles. The standard InChI is InChI=1S/C19H21N2O/c1-16-7-9-17(10-8-16)15-20-11-13-21(14-12-20)19(22)18-5-3-2-4-6-18/h2-5,7-10H,11-15H2,1H3. The van der Waals surface area contributed by atoms with Gasteiger partial charge in [0, 0.05) is 38.3 Å². The van der Waals surface area contributed by atoms with Gasteiger partial charge in [0.05, 0.1) is 0 Å². The van der Waals surface area contributed by atoms with E-state index < -0.39 is 0 Å². The molecule has 0 spiro atoms. The Morgan fingerprint density at radius 2 is 1.77 bits per heavy atom. The minimum absolute atomic E-state index is 0.0931. The van der Waals surface area contributed by atoms with E-state index in [1.807, 2.05) is 23.1 Å². The highest BCUT2D eigenvalue weighted by atomic mass is 16.2. The van der Waals surface area contributed by atoms with Crippen LogP contribution in [0.2, 0.25) is 0 Å². The highest BCUT2D eigenvalue weighted by Gasteiger charge is 2.21. The van der Waals surface area contributed by atoms with Crippen LogP contribution in [0.25, 0.3) is 0 Å². The van der Waals surface area contributed by atoms with Gasteiger partial charge >= 0.3 is 0 Å². The van der Waals surface area contributed by atoms with Crippen molar-refractivity contribution in [3.05, 3.63) is 71.3 Å². The lowest BCUT2D eigenvalue weighted by atomic mass is 10.1. The molecule has 0 aromatic heterocycles. The number of amides is 1. The third kappa shape index (κ3) is 3.55. The Hall–Kier alpha value is -2.13. The monoisotopic (exact) mass is 293 g/mol. The maximum Gasteiger partial charge on any atom is 0.254 e. The Balaban J connectivity index is 1.54. The van der Waals surface area contributed by atoms with E-state index >= 15 is 0 Å². The van der Waals surface area contributed by atoms with Crippen LogP contribution in [0, 0.1) is 13.0 Å². The van der Waals surface area contributed by atoms with Crippen LogP contribution in [-0.2, 0) is 6.54 Å². The van der Waals surface area contributed by atoms with Crippen LogP contribution >= 0.6 is 0 Å². The van der Waals surface area contributed by atoms with Crippen molar-refractivity contribution in [3.63, 3.8) is 0 Å². The average molecular weight is 293 g/mol. The van der Waals surface area contributed by atoms with E-state index in [0.29, 0.717) is 5.56 Å². The van der Waals surface area contributed by atoms with Crippen LogP contribution in [0.4, 0.5) is 0 Å². The zero-order chi connectivity index (χ0) is 15.4. The predicted molar refractivity (Wildman–Crippen MR) is 87.6 cm³/mol. The minimum atomic E-state index is 0.0931. The summed E-state index contributed by atoms with van der Waals surface area (Å²) in [6, 6.07) is 19.1. The molecule has 3 rings (SSSR count). The van der Waals surface area contributed by atoms with Gasteiger partial charge in [0.2, 0.25) is 0 Å². The summed E-state index contributed by atoms with van der Waals surface area (Å²) in [4.78, 5) is 16.7. The fraction of sp³-hybridized carbons (Fsp3) is 0.316. The third-order valence-electron chi connectivity index (χ3n) is 4.13. The lowest BCUT2D eigenvalue weighted by Gasteiger charge is -2.34. The van der Waals surface area contributed by atoms with E-state index in [2.05, 4.69) is 42.2 Å². The zero-order valence-electron chi connectivity index (χ0n) is 13.0. The van der Waals surface area contributed by atoms with Crippen molar-refractivity contribution >= 4 is 5.91 Å². The number of piperazine rings is 1. The Kier molecular flexibility index (Phi) is 4.54. The van der Waals surface area contributed by atoms with Crippen molar-refractivity contribution in [2.24, 2.45) is 0 Å². The summed E-state index contributed by atoms with van der Waals surface area (Å²) in [7, 11) is 0. The Morgan fingerprint density at radius 1 is 1.05 bits per heavy atom. The number of hydrogen-bond donors (Lipinski definition) is 0. The second-order valence-electron chi connectivity index (χ2n) is 5.83. The molecule has 1 aliphatic heterocycles. The normalized spacial score (nSPS) is 15.8. The fourth-order valence-corrected chi connectivity index (χ4v) is 2.76. The number of nitrogens with zero attached hydrogens (tertiary/aromatic N) is 2. The van der Waals surface area contributed by atoms with Crippen LogP contribution in [0.15, 0.2) is 48.5 Å². The second-order valence-corrected chi connectivity index (χ2v) is 5.83. The fourth-order valence-electron chi connectivity index (χ4n) is 2.76. The van der Waals surface area contributed by atoms with Gasteiger partial charge in [0.15, 0.2) is 0 Å². The summed E-state index contributed by atoms with van der Waals surface area (Å²) in [5.41, 5.74) is 3.29. The van der Waals surface area contributed by atoms with Gasteiger partial charge < -0.3 is 4.90 Å². The molecule has 0 unspecified atom stereocenters. The van der Waals surface area contributed by atoms with Crippen molar-refractivity contribution in [1.29, 1.82) is 0 Å². The summed E-state index contributed by atoms with van der Waals surface area (Å²) < 4.78 is 0. The van der Waals surface area contributed by atoms with Gasteiger partial charge in [-0.25, -0.2) is 0 Å². The van der Waals surface area contributed by atoms with Gasteiger partial charge in [0.1, 0.15) is 0 Å². The van der Waals surface area contributed by atoms with Crippen molar-refractivity contribution in [3.8, 4) is 0 Å². The Bertz CT molecular complexity index is 614. The highest BCUT2D eigenvalue weighted by Crippen LogP contribution is 2.12. The molecule has 22 heavy (non-hydrogen) atoms. The molecule has 0 bridgehead atoms. The molecule has 2 aromatic rings. The van der Waals surface area contributed by atoms with Gasteiger partial charge in [-0.1, -0.05) is 48.0 Å². The number of hydrogen-bond acceptors (Lipinski definition) is 2. The van der Waals surface area contributed by atoms with Gasteiger partial charge in [-0.2, -0.15) is 0 Å². The molecule has 1 radical (unpaired) electrons. The van der Waals surface area contributed by atoms with Crippen LogP contribution < -0.4 is 0 Å². The Morgan fingerprint density at radius 3 is 2.41 bits per heavy atom. The van der Waals surface area contributed by atoms with Crippen LogP contribution in [-0.4, -0.2) is 41.9 Å². The SMILES string of the molecule is Cc1ccc(CN2CCN(C(=O)c3[c]cccc3)CC2)cc1. The van der Waals surface area contributed by atoms with Crippen molar-refractivity contribution < 1.29 is 4.79 Å². The third-order valence-corrected chi connectivity index (χ3v) is 4.13. The van der Waals surface area contributed by atoms with E-state index in [1.165, 1.54) is 11.1 Å². The molecule has 2 aromatic carbocycles. The first-order chi connectivity index (χ1) is 10.7. The van der Waals surface area contributed by atoms with Gasteiger partial charge in [0.25, 0.3) is 5.91 Å². The Labute approximate surface area is 132 Å². The van der Waals surface area contributed by atoms with Crippen molar-refractivity contribution in [2.45, 2.75) is 13.5 Å². The van der Waals surface area contributed by atoms with E-state index in [-0.39, 0.29) is 5.91 Å². The molecule has 0 N–H and O–H groups in total. The summed E-state index contributed by atoms with van der Waals surface area (Å²) in [6.45, 7) is 6.48. The summed E-state index contributed by atoms with van der Waals surface area (Å²) >= 11 is 0. The van der Waals surface area contributed by atoms with Crippen LogP contribution in [0.5, 0.6) is 0 Å². The van der Waals surface area contributed by atoms with Gasteiger partial charge in [-0.15, -0.1) is 0 Å². The molecular weight excluding hydrogens is 272 g/mol. The quantitative estimate of drug-likeness (QED) is 0.869. The number of aryl methyl sites for hydroxylation is 1. The lowest BCUT2D eigenvalue weighted by molar-refractivity contribution is 0.0628. The molecular formula is C19H21N2O. The number of rotatable bonds is 3. The predicted octanol–water partition coefficient (Wildman–Crippen LogP) is 2.75. The first kappa shape index (κ1) is 14.8. The van der Waals surface area contributed by atoms with Crippen molar-refractivity contribution in [2.75, 3.05) is 26.2 Å². The maximum atomic E-state index is 12.4. The zero-order valence-corrected chi connectivity index (χ0v) is 13.0. The smallest absolute Gasteiger partial charge is 0.254 e. The first-order valence-electron chi connectivity index (χ1n) is 7.76. The van der Waals surface area contributed by atoms with E-state index in [1.54, 1.807) is 6.07 Å². The molecule has 0 atom stereocenters. The van der Waals surface area contributed by atoms with E-state index in [9.17, 15) is 4.79 Å². The minimum Gasteiger partial charge on any atom is -0.336 e. The second kappa shape index (κ2) is 6.75. The molecule has 3 nitrogen and oxygen atoms in total. The largest absolute Gasteiger partial charge is 0.336 e. The van der Waals surface area contributed by atoms with E-state index in [4.69, 9.17) is 0 Å². The molecule has 0 saturated carbocycles. The molecule has 1 fully saturated rings. The molecule has 113 valence electrons. The maximum absolute atomic E-state index is 12.4. The number of benzene rings is 2. The number of carbonyl (C=O) groups excluding carboxylic acids is 1. The molecule has 1 aliphatic rings. The van der Waals surface area contributed by atoms with Gasteiger partial charge in [-0.3, -0.25) is 9.69 Å². The lowest BCUT2D eigenvalue weighted by Crippen LogP contribution is -2.48. The first-order valence-corrected chi connectivity index (χ1v) is 7.76. The number of carbonyl (C=O) groups is 1. The topological polar surface area (TPSA) is 23.6 Å². The molecule has 0 aliphatic carbocycles. The summed E-state index contributed by atoms with van der Waals surface area (Å²) in [5.74, 6) is 0.0931. The summed E-state index contributed by atoms with van der Waals surface area (Å²) in [6.07, 6.45) is 0. The van der Waals surface area contributed by atoms with Gasteiger partial charge in [-0.05, 0) is 24.6 Å². The molecule has 1 amide bonds. The van der Waals surface area contributed by atoms with E-state index in [0.717, 1.165) is 32.7 Å². The highest BCUT2D eigenvalue weighted by molar-refractivity contribution is 5.93. The summed E-state index contributed by atoms with van der Waals surface area (Å²) in [5, 5.41) is 0. The van der Waals surface area contributed by atoms with Crippen molar-refractivity contribution in [1.82, 2.24) is 9.80 Å².